The molecule has 2 unspecified atom stereocenters. The second-order valence-corrected chi connectivity index (χ2v) is 16.1. The van der Waals surface area contributed by atoms with Crippen LogP contribution in [0.2, 0.25) is 0 Å². The number of hydrogen-bond donors (Lipinski definition) is 3. The lowest BCUT2D eigenvalue weighted by Gasteiger charge is -2.15. The zero-order chi connectivity index (χ0) is 38.2. The molecule has 0 aliphatic carbocycles. The number of aliphatic hydroxyl groups is 1. The average molecular weight is 760 g/mol. The smallest absolute Gasteiger partial charge is 0.463 e. The van der Waals surface area contributed by atoms with Gasteiger partial charge < -0.3 is 20.1 Å². The van der Waals surface area contributed by atoms with E-state index in [0.29, 0.717) is 6.42 Å². The molecule has 1 amide bonds. The van der Waals surface area contributed by atoms with Gasteiger partial charge in [0, 0.05) is 19.4 Å². The van der Waals surface area contributed by atoms with Gasteiger partial charge in [-0.25, -0.2) is 4.57 Å². The maximum atomic E-state index is 12.1. The number of phosphoric acid groups is 1. The quantitative estimate of drug-likeness (QED) is 0.0243. The van der Waals surface area contributed by atoms with Crippen LogP contribution in [0.4, 0.5) is 0 Å². The number of carbonyl (C=O) groups is 2. The number of allylic oxidation sites excluding steroid dienone is 2. The molecule has 0 bridgehead atoms. The summed E-state index contributed by atoms with van der Waals surface area (Å²) < 4.78 is 26.8. The standard InChI is InChI=1S/C42H82NO8P/c1-3-5-7-9-11-13-15-17-18-19-20-21-22-23-24-26-28-30-32-34-41(45)43-36-37-50-52(47,48)51-39-40(44)38-49-42(46)35-33-31-29-27-25-16-14-12-10-8-6-4-2/h17-18,40,44H,3-16,19-39H2,1-2H3,(H,43,45)(H,47,48)/b18-17+. The molecule has 0 aromatic heterocycles. The lowest BCUT2D eigenvalue weighted by molar-refractivity contribution is -0.147. The summed E-state index contributed by atoms with van der Waals surface area (Å²) in [6, 6.07) is 0. The molecule has 2 atom stereocenters. The summed E-state index contributed by atoms with van der Waals surface area (Å²) in [7, 11) is -4.41. The van der Waals surface area contributed by atoms with Crippen LogP contribution in [-0.4, -0.2) is 54.3 Å². The number of esters is 1. The minimum atomic E-state index is -4.41. The maximum Gasteiger partial charge on any atom is 0.472 e. The highest BCUT2D eigenvalue weighted by atomic mass is 31.2. The molecule has 0 aliphatic rings. The van der Waals surface area contributed by atoms with Crippen molar-refractivity contribution in [1.82, 2.24) is 5.32 Å². The van der Waals surface area contributed by atoms with Crippen molar-refractivity contribution in [3.05, 3.63) is 12.2 Å². The molecule has 0 heterocycles. The number of aliphatic hydroxyl groups excluding tert-OH is 1. The van der Waals surface area contributed by atoms with Crippen LogP contribution in [0.25, 0.3) is 0 Å². The first-order valence-corrected chi connectivity index (χ1v) is 23.2. The highest BCUT2D eigenvalue weighted by molar-refractivity contribution is 7.47. The minimum Gasteiger partial charge on any atom is -0.463 e. The molecule has 0 saturated carbocycles. The monoisotopic (exact) mass is 760 g/mol. The van der Waals surface area contributed by atoms with Gasteiger partial charge in [-0.15, -0.1) is 0 Å². The van der Waals surface area contributed by atoms with Crippen LogP contribution >= 0.6 is 7.82 Å². The number of ether oxygens (including phenoxy) is 1. The van der Waals surface area contributed by atoms with Gasteiger partial charge in [0.2, 0.25) is 5.91 Å². The van der Waals surface area contributed by atoms with Crippen molar-refractivity contribution in [2.24, 2.45) is 0 Å². The fraction of sp³-hybridized carbons (Fsp3) is 0.905. The van der Waals surface area contributed by atoms with Gasteiger partial charge in [0.1, 0.15) is 12.7 Å². The highest BCUT2D eigenvalue weighted by Gasteiger charge is 2.23. The van der Waals surface area contributed by atoms with E-state index in [2.05, 4.69) is 31.3 Å². The van der Waals surface area contributed by atoms with E-state index in [1.165, 1.54) is 148 Å². The fourth-order valence-electron chi connectivity index (χ4n) is 6.14. The first kappa shape index (κ1) is 50.8. The Morgan fingerprint density at radius 3 is 1.44 bits per heavy atom. The topological polar surface area (TPSA) is 131 Å². The Morgan fingerprint density at radius 1 is 0.577 bits per heavy atom. The summed E-state index contributed by atoms with van der Waals surface area (Å²) in [5.74, 6) is -0.511. The van der Waals surface area contributed by atoms with Crippen molar-refractivity contribution in [1.29, 1.82) is 0 Å². The van der Waals surface area contributed by atoms with E-state index in [1.54, 1.807) is 0 Å². The molecule has 0 rings (SSSR count). The SMILES string of the molecule is CCCCCCCC/C=C/CCCCCCCCCCCC(=O)NCCOP(=O)(O)OCC(O)COC(=O)CCCCCCCCCCCCCC. The zero-order valence-electron chi connectivity index (χ0n) is 33.8. The van der Waals surface area contributed by atoms with E-state index >= 15 is 0 Å². The Balaban J connectivity index is 3.56. The Labute approximate surface area is 319 Å². The Morgan fingerprint density at radius 2 is 0.981 bits per heavy atom. The number of nitrogens with one attached hydrogen (secondary N) is 1. The second kappa shape index (κ2) is 39.4. The van der Waals surface area contributed by atoms with Crippen LogP contribution in [0.15, 0.2) is 12.2 Å². The summed E-state index contributed by atoms with van der Waals surface area (Å²) in [5.41, 5.74) is 0. The van der Waals surface area contributed by atoms with Crippen LogP contribution in [0, 0.1) is 0 Å². The van der Waals surface area contributed by atoms with E-state index in [-0.39, 0.29) is 32.1 Å². The minimum absolute atomic E-state index is 0.0843. The molecule has 308 valence electrons. The second-order valence-electron chi connectivity index (χ2n) is 14.7. The predicted molar refractivity (Wildman–Crippen MR) is 215 cm³/mol. The molecule has 0 spiro atoms. The molecular formula is C42H82NO8P. The molecule has 3 N–H and O–H groups in total. The van der Waals surface area contributed by atoms with E-state index < -0.39 is 26.5 Å². The van der Waals surface area contributed by atoms with Crippen molar-refractivity contribution in [2.45, 2.75) is 219 Å². The molecule has 0 radical (unpaired) electrons. The number of amides is 1. The van der Waals surface area contributed by atoms with Gasteiger partial charge in [0.25, 0.3) is 0 Å². The molecular weight excluding hydrogens is 677 g/mol. The molecule has 0 aliphatic heterocycles. The summed E-state index contributed by atoms with van der Waals surface area (Å²) in [6.45, 7) is 3.56. The summed E-state index contributed by atoms with van der Waals surface area (Å²) in [6.07, 6.45) is 40.0. The Bertz CT molecular complexity index is 871. The van der Waals surface area contributed by atoms with Crippen molar-refractivity contribution in [3.63, 3.8) is 0 Å². The van der Waals surface area contributed by atoms with E-state index in [0.717, 1.165) is 38.5 Å². The van der Waals surface area contributed by atoms with Crippen LogP contribution in [0.1, 0.15) is 213 Å². The summed E-state index contributed by atoms with van der Waals surface area (Å²) >= 11 is 0. The van der Waals surface area contributed by atoms with Gasteiger partial charge in [-0.05, 0) is 38.5 Å². The maximum absolute atomic E-state index is 12.1. The third-order valence-corrected chi connectivity index (χ3v) is 10.4. The molecule has 0 saturated heterocycles. The lowest BCUT2D eigenvalue weighted by Crippen LogP contribution is -2.27. The van der Waals surface area contributed by atoms with Gasteiger partial charge in [-0.1, -0.05) is 174 Å². The first-order valence-electron chi connectivity index (χ1n) is 21.7. The van der Waals surface area contributed by atoms with E-state index in [1.807, 2.05) is 0 Å². The molecule has 0 aromatic rings. The third kappa shape index (κ3) is 39.9. The molecule has 10 heteroatoms. The average Bonchev–Trinajstić information content (AvgIpc) is 3.13. The van der Waals surface area contributed by atoms with Gasteiger partial charge in [-0.3, -0.25) is 18.6 Å². The first-order chi connectivity index (χ1) is 25.3. The fourth-order valence-corrected chi connectivity index (χ4v) is 6.90. The normalized spacial score (nSPS) is 13.4. The van der Waals surface area contributed by atoms with Crippen LogP contribution < -0.4 is 5.32 Å². The van der Waals surface area contributed by atoms with Crippen molar-refractivity contribution in [2.75, 3.05) is 26.4 Å². The zero-order valence-corrected chi connectivity index (χ0v) is 34.7. The van der Waals surface area contributed by atoms with Crippen molar-refractivity contribution >= 4 is 19.7 Å². The third-order valence-electron chi connectivity index (χ3n) is 9.45. The summed E-state index contributed by atoms with van der Waals surface area (Å²) in [4.78, 5) is 33.8. The Hall–Kier alpha value is -1.25. The van der Waals surface area contributed by atoms with Crippen molar-refractivity contribution < 1.29 is 37.9 Å². The van der Waals surface area contributed by atoms with Gasteiger partial charge >= 0.3 is 13.8 Å². The van der Waals surface area contributed by atoms with E-state index in [4.69, 9.17) is 13.8 Å². The van der Waals surface area contributed by atoms with Gasteiger partial charge in [0.05, 0.1) is 13.2 Å². The Kier molecular flexibility index (Phi) is 38.5. The van der Waals surface area contributed by atoms with Gasteiger partial charge in [-0.2, -0.15) is 0 Å². The number of carbonyl (C=O) groups excluding carboxylic acids is 2. The van der Waals surface area contributed by atoms with Crippen molar-refractivity contribution in [3.8, 4) is 0 Å². The number of hydrogen-bond acceptors (Lipinski definition) is 7. The number of unbranched alkanes of at least 4 members (excludes halogenated alkanes) is 26. The molecule has 52 heavy (non-hydrogen) atoms. The van der Waals surface area contributed by atoms with Crippen LogP contribution in [0.5, 0.6) is 0 Å². The number of phosphoric ester groups is 1. The molecule has 0 fully saturated rings. The lowest BCUT2D eigenvalue weighted by atomic mass is 10.0. The molecule has 9 nitrogen and oxygen atoms in total. The van der Waals surface area contributed by atoms with Crippen LogP contribution in [-0.2, 0) is 27.9 Å². The summed E-state index contributed by atoms with van der Waals surface area (Å²) in [5, 5.41) is 12.7. The largest absolute Gasteiger partial charge is 0.472 e. The van der Waals surface area contributed by atoms with E-state index in [9.17, 15) is 24.2 Å². The highest BCUT2D eigenvalue weighted by Crippen LogP contribution is 2.42. The van der Waals surface area contributed by atoms with Crippen LogP contribution in [0.3, 0.4) is 0 Å². The predicted octanol–water partition coefficient (Wildman–Crippen LogP) is 11.8. The van der Waals surface area contributed by atoms with Gasteiger partial charge in [0.15, 0.2) is 0 Å². The molecule has 0 aromatic carbocycles. The number of rotatable bonds is 41.